The predicted molar refractivity (Wildman–Crippen MR) is 106 cm³/mol. The third-order valence-electron chi connectivity index (χ3n) is 4.24. The van der Waals surface area contributed by atoms with Gasteiger partial charge in [0, 0.05) is 18.4 Å². The Morgan fingerprint density at radius 2 is 1.65 bits per heavy atom. The summed E-state index contributed by atoms with van der Waals surface area (Å²) in [6.07, 6.45) is 3.31. The largest absolute Gasteiger partial charge is 0.354 e. The Morgan fingerprint density at radius 1 is 0.962 bits per heavy atom. The van der Waals surface area contributed by atoms with Gasteiger partial charge in [-0.05, 0) is 43.5 Å². The summed E-state index contributed by atoms with van der Waals surface area (Å²) in [6.45, 7) is 6.73. The SMILES string of the molecule is Cc1cc(C)c(Nc2cncc(C(=O)NCc3ccccc3)c2)c(C)c1. The quantitative estimate of drug-likeness (QED) is 0.706. The molecule has 4 nitrogen and oxygen atoms in total. The van der Waals surface area contributed by atoms with Gasteiger partial charge in [-0.25, -0.2) is 0 Å². The molecule has 3 rings (SSSR count). The summed E-state index contributed by atoms with van der Waals surface area (Å²) >= 11 is 0. The molecule has 2 N–H and O–H groups in total. The van der Waals surface area contributed by atoms with Crippen LogP contribution < -0.4 is 10.6 Å². The van der Waals surface area contributed by atoms with E-state index in [1.165, 1.54) is 16.7 Å². The van der Waals surface area contributed by atoms with E-state index in [0.717, 1.165) is 16.9 Å². The molecule has 1 heterocycles. The summed E-state index contributed by atoms with van der Waals surface area (Å²) in [5.41, 5.74) is 7.02. The molecule has 132 valence electrons. The summed E-state index contributed by atoms with van der Waals surface area (Å²) in [5.74, 6) is -0.137. The molecule has 4 heteroatoms. The van der Waals surface area contributed by atoms with Crippen LogP contribution in [0.2, 0.25) is 0 Å². The highest BCUT2D eigenvalue weighted by atomic mass is 16.1. The van der Waals surface area contributed by atoms with Gasteiger partial charge in [0.2, 0.25) is 0 Å². The van der Waals surface area contributed by atoms with Crippen LogP contribution in [0.5, 0.6) is 0 Å². The van der Waals surface area contributed by atoms with Crippen LogP contribution in [0.3, 0.4) is 0 Å². The maximum absolute atomic E-state index is 12.4. The molecule has 0 aliphatic heterocycles. The molecule has 1 amide bonds. The van der Waals surface area contributed by atoms with Crippen molar-refractivity contribution < 1.29 is 4.79 Å². The molecule has 0 atom stereocenters. The zero-order chi connectivity index (χ0) is 18.5. The Balaban J connectivity index is 1.73. The fourth-order valence-corrected chi connectivity index (χ4v) is 3.03. The van der Waals surface area contributed by atoms with Crippen LogP contribution >= 0.6 is 0 Å². The van der Waals surface area contributed by atoms with Crippen LogP contribution in [-0.4, -0.2) is 10.9 Å². The highest BCUT2D eigenvalue weighted by Gasteiger charge is 2.09. The van der Waals surface area contributed by atoms with E-state index >= 15 is 0 Å². The molecule has 0 fully saturated rings. The topological polar surface area (TPSA) is 54.0 Å². The Morgan fingerprint density at radius 3 is 2.35 bits per heavy atom. The zero-order valence-corrected chi connectivity index (χ0v) is 15.3. The van der Waals surface area contributed by atoms with Crippen LogP contribution in [0.4, 0.5) is 11.4 Å². The second kappa shape index (κ2) is 7.83. The third kappa shape index (κ3) is 4.28. The minimum Gasteiger partial charge on any atom is -0.354 e. The Bertz CT molecular complexity index is 897. The van der Waals surface area contributed by atoms with Crippen LogP contribution in [0.25, 0.3) is 0 Å². The summed E-state index contributed by atoms with van der Waals surface area (Å²) in [4.78, 5) is 16.6. The maximum Gasteiger partial charge on any atom is 0.253 e. The molecule has 2 aromatic carbocycles. The maximum atomic E-state index is 12.4. The van der Waals surface area contributed by atoms with Crippen LogP contribution in [0.15, 0.2) is 60.9 Å². The van der Waals surface area contributed by atoms with Crippen molar-refractivity contribution in [3.63, 3.8) is 0 Å². The first-order chi connectivity index (χ1) is 12.5. The van der Waals surface area contributed by atoms with E-state index in [2.05, 4.69) is 48.5 Å². The normalized spacial score (nSPS) is 10.4. The molecule has 0 saturated heterocycles. The average molecular weight is 345 g/mol. The van der Waals surface area contributed by atoms with Gasteiger partial charge in [-0.1, -0.05) is 48.0 Å². The second-order valence-corrected chi connectivity index (χ2v) is 6.53. The number of hydrogen-bond donors (Lipinski definition) is 2. The van der Waals surface area contributed by atoms with E-state index in [4.69, 9.17) is 0 Å². The van der Waals surface area contributed by atoms with Crippen molar-refractivity contribution in [3.8, 4) is 0 Å². The van der Waals surface area contributed by atoms with Gasteiger partial charge in [-0.3, -0.25) is 9.78 Å². The molecule has 0 unspecified atom stereocenters. The molecular formula is C22H23N3O. The van der Waals surface area contributed by atoms with Crippen LogP contribution in [0.1, 0.15) is 32.6 Å². The number of rotatable bonds is 5. The number of aryl methyl sites for hydroxylation is 3. The van der Waals surface area contributed by atoms with E-state index in [-0.39, 0.29) is 5.91 Å². The highest BCUT2D eigenvalue weighted by molar-refractivity contribution is 5.94. The first-order valence-electron chi connectivity index (χ1n) is 8.65. The summed E-state index contributed by atoms with van der Waals surface area (Å²) in [6, 6.07) is 15.9. The first kappa shape index (κ1) is 17.7. The second-order valence-electron chi connectivity index (χ2n) is 6.53. The van der Waals surface area contributed by atoms with Gasteiger partial charge in [0.15, 0.2) is 0 Å². The van der Waals surface area contributed by atoms with Crippen LogP contribution in [0, 0.1) is 20.8 Å². The molecule has 0 saturated carbocycles. The van der Waals surface area contributed by atoms with Crippen molar-refractivity contribution >= 4 is 17.3 Å². The standard InChI is InChI=1S/C22H23N3O/c1-15-9-16(2)21(17(3)10-15)25-20-11-19(13-23-14-20)22(26)24-12-18-7-5-4-6-8-18/h4-11,13-14,25H,12H2,1-3H3,(H,24,26). The molecule has 0 aliphatic rings. The van der Waals surface area contributed by atoms with Crippen molar-refractivity contribution in [2.24, 2.45) is 0 Å². The number of hydrogen-bond acceptors (Lipinski definition) is 3. The molecule has 1 aromatic heterocycles. The number of nitrogens with one attached hydrogen (secondary N) is 2. The predicted octanol–water partition coefficient (Wildman–Crippen LogP) is 4.68. The van der Waals surface area contributed by atoms with Crippen LogP contribution in [-0.2, 0) is 6.54 Å². The number of aromatic nitrogens is 1. The van der Waals surface area contributed by atoms with E-state index in [1.54, 1.807) is 12.4 Å². The van der Waals surface area contributed by atoms with Crippen molar-refractivity contribution in [3.05, 3.63) is 88.7 Å². The fraction of sp³-hybridized carbons (Fsp3) is 0.182. The lowest BCUT2D eigenvalue weighted by atomic mass is 10.0. The lowest BCUT2D eigenvalue weighted by Crippen LogP contribution is -2.23. The zero-order valence-electron chi connectivity index (χ0n) is 15.3. The molecule has 0 spiro atoms. The molecule has 26 heavy (non-hydrogen) atoms. The Kier molecular flexibility index (Phi) is 5.32. The summed E-state index contributed by atoms with van der Waals surface area (Å²) in [7, 11) is 0. The summed E-state index contributed by atoms with van der Waals surface area (Å²) < 4.78 is 0. The number of carbonyl (C=O) groups excluding carboxylic acids is 1. The smallest absolute Gasteiger partial charge is 0.253 e. The van der Waals surface area contributed by atoms with Crippen molar-refractivity contribution in [2.45, 2.75) is 27.3 Å². The van der Waals surface area contributed by atoms with Gasteiger partial charge >= 0.3 is 0 Å². The molecule has 0 bridgehead atoms. The summed E-state index contributed by atoms with van der Waals surface area (Å²) in [5, 5.41) is 6.32. The number of anilines is 2. The number of benzene rings is 2. The van der Waals surface area contributed by atoms with Crippen molar-refractivity contribution in [2.75, 3.05) is 5.32 Å². The van der Waals surface area contributed by atoms with E-state index in [1.807, 2.05) is 36.4 Å². The van der Waals surface area contributed by atoms with Gasteiger partial charge < -0.3 is 10.6 Å². The monoisotopic (exact) mass is 345 g/mol. The highest BCUT2D eigenvalue weighted by Crippen LogP contribution is 2.25. The number of pyridine rings is 1. The number of nitrogens with zero attached hydrogens (tertiary/aromatic N) is 1. The van der Waals surface area contributed by atoms with E-state index in [0.29, 0.717) is 12.1 Å². The van der Waals surface area contributed by atoms with Crippen molar-refractivity contribution in [1.82, 2.24) is 10.3 Å². The van der Waals surface area contributed by atoms with Gasteiger partial charge in [0.25, 0.3) is 5.91 Å². The number of carbonyl (C=O) groups is 1. The van der Waals surface area contributed by atoms with Gasteiger partial charge in [0.05, 0.1) is 17.4 Å². The fourth-order valence-electron chi connectivity index (χ4n) is 3.03. The minimum absolute atomic E-state index is 0.137. The van der Waals surface area contributed by atoms with Crippen molar-refractivity contribution in [1.29, 1.82) is 0 Å². The van der Waals surface area contributed by atoms with E-state index < -0.39 is 0 Å². The van der Waals surface area contributed by atoms with E-state index in [9.17, 15) is 4.79 Å². The molecule has 0 radical (unpaired) electrons. The van der Waals surface area contributed by atoms with Gasteiger partial charge in [-0.2, -0.15) is 0 Å². The lowest BCUT2D eigenvalue weighted by Gasteiger charge is -2.14. The molecular weight excluding hydrogens is 322 g/mol. The van der Waals surface area contributed by atoms with Gasteiger partial charge in [0.1, 0.15) is 0 Å². The molecule has 3 aromatic rings. The average Bonchev–Trinajstić information content (AvgIpc) is 2.64. The lowest BCUT2D eigenvalue weighted by molar-refractivity contribution is 0.0950. The number of amides is 1. The third-order valence-corrected chi connectivity index (χ3v) is 4.24. The first-order valence-corrected chi connectivity index (χ1v) is 8.65. The Labute approximate surface area is 154 Å². The molecule has 0 aliphatic carbocycles. The van der Waals surface area contributed by atoms with Gasteiger partial charge in [-0.15, -0.1) is 0 Å². The Hall–Kier alpha value is -3.14. The minimum atomic E-state index is -0.137.